The van der Waals surface area contributed by atoms with Crippen molar-refractivity contribution in [3.05, 3.63) is 24.3 Å². The molecule has 0 saturated heterocycles. The van der Waals surface area contributed by atoms with E-state index in [9.17, 15) is 9.59 Å². The molecule has 1 aromatic rings. The quantitative estimate of drug-likeness (QED) is 0.577. The van der Waals surface area contributed by atoms with Gasteiger partial charge in [-0.05, 0) is 38.1 Å². The van der Waals surface area contributed by atoms with Crippen LogP contribution in [0, 0.1) is 5.92 Å². The van der Waals surface area contributed by atoms with Gasteiger partial charge in [0.25, 0.3) is 0 Å². The van der Waals surface area contributed by atoms with Gasteiger partial charge in [-0.2, -0.15) is 0 Å². The number of benzene rings is 1. The molecular weight excluding hydrogens is 264 g/mol. The van der Waals surface area contributed by atoms with E-state index in [2.05, 4.69) is 4.74 Å². The molecule has 0 aromatic heterocycles. The number of esters is 1. The van der Waals surface area contributed by atoms with Crippen LogP contribution in [0.1, 0.15) is 13.8 Å². The molecule has 1 N–H and O–H groups in total. The molecule has 1 unspecified atom stereocenters. The Morgan fingerprint density at radius 1 is 1.05 bits per heavy atom. The zero-order valence-electron chi connectivity index (χ0n) is 11.5. The summed E-state index contributed by atoms with van der Waals surface area (Å²) >= 11 is 0. The molecule has 1 atom stereocenters. The summed E-state index contributed by atoms with van der Waals surface area (Å²) in [6, 6.07) is 6.71. The number of carboxylic acid groups (broad SMARTS) is 1. The minimum absolute atomic E-state index is 0.131. The summed E-state index contributed by atoms with van der Waals surface area (Å²) in [5, 5.41) is 8.96. The number of aliphatic carboxylic acids is 1. The molecule has 6 heteroatoms. The fourth-order valence-electron chi connectivity index (χ4n) is 1.46. The summed E-state index contributed by atoms with van der Waals surface area (Å²) in [4.78, 5) is 22.4. The molecular formula is C14H18O6. The van der Waals surface area contributed by atoms with Crippen LogP contribution in [-0.4, -0.2) is 36.9 Å². The number of hydrogen-bond donors (Lipinski definition) is 1. The minimum Gasteiger partial charge on any atom is -0.494 e. The van der Waals surface area contributed by atoms with E-state index in [1.54, 1.807) is 31.2 Å². The van der Waals surface area contributed by atoms with E-state index in [4.69, 9.17) is 14.6 Å². The van der Waals surface area contributed by atoms with E-state index < -0.39 is 17.9 Å². The van der Waals surface area contributed by atoms with Crippen molar-refractivity contribution in [1.82, 2.24) is 0 Å². The molecule has 0 radical (unpaired) electrons. The molecule has 110 valence electrons. The van der Waals surface area contributed by atoms with Crippen molar-refractivity contribution in [2.45, 2.75) is 13.8 Å². The van der Waals surface area contributed by atoms with Gasteiger partial charge in [0.05, 0.1) is 13.2 Å². The Kier molecular flexibility index (Phi) is 6.36. The van der Waals surface area contributed by atoms with Gasteiger partial charge in [-0.3, -0.25) is 9.59 Å². The number of carbonyl (C=O) groups excluding carboxylic acids is 1. The number of carboxylic acids is 1. The Morgan fingerprint density at radius 3 is 2.05 bits per heavy atom. The van der Waals surface area contributed by atoms with E-state index >= 15 is 0 Å². The summed E-state index contributed by atoms with van der Waals surface area (Å²) in [5.74, 6) is -2.24. The van der Waals surface area contributed by atoms with Gasteiger partial charge in [0.2, 0.25) is 0 Å². The highest BCUT2D eigenvalue weighted by Crippen LogP contribution is 2.18. The predicted molar refractivity (Wildman–Crippen MR) is 70.9 cm³/mol. The van der Waals surface area contributed by atoms with E-state index in [1.165, 1.54) is 0 Å². The zero-order valence-corrected chi connectivity index (χ0v) is 11.5. The zero-order chi connectivity index (χ0) is 15.0. The topological polar surface area (TPSA) is 82.1 Å². The molecule has 6 nitrogen and oxygen atoms in total. The van der Waals surface area contributed by atoms with Crippen molar-refractivity contribution in [3.8, 4) is 11.5 Å². The smallest absolute Gasteiger partial charge is 0.323 e. The second-order valence-corrected chi connectivity index (χ2v) is 3.86. The average Bonchev–Trinajstić information content (AvgIpc) is 2.41. The van der Waals surface area contributed by atoms with Crippen molar-refractivity contribution in [2.24, 2.45) is 5.92 Å². The van der Waals surface area contributed by atoms with Crippen molar-refractivity contribution >= 4 is 11.9 Å². The third-order valence-corrected chi connectivity index (χ3v) is 2.42. The first kappa shape index (κ1) is 15.8. The fraction of sp³-hybridized carbons (Fsp3) is 0.429. The third kappa shape index (κ3) is 4.79. The Balaban J connectivity index is 2.58. The van der Waals surface area contributed by atoms with Crippen molar-refractivity contribution in [1.29, 1.82) is 0 Å². The van der Waals surface area contributed by atoms with Gasteiger partial charge < -0.3 is 19.3 Å². The van der Waals surface area contributed by atoms with Gasteiger partial charge in [-0.25, -0.2) is 0 Å². The third-order valence-electron chi connectivity index (χ3n) is 2.42. The van der Waals surface area contributed by atoms with Crippen molar-refractivity contribution in [2.75, 3.05) is 19.8 Å². The highest BCUT2D eigenvalue weighted by molar-refractivity contribution is 5.94. The number of rotatable bonds is 8. The van der Waals surface area contributed by atoms with Crippen LogP contribution in [0.25, 0.3) is 0 Å². The molecule has 0 aliphatic rings. The molecule has 1 rings (SSSR count). The second kappa shape index (κ2) is 8.04. The van der Waals surface area contributed by atoms with Gasteiger partial charge in [0.1, 0.15) is 18.1 Å². The molecule has 0 fully saturated rings. The average molecular weight is 282 g/mol. The van der Waals surface area contributed by atoms with Crippen LogP contribution in [0.3, 0.4) is 0 Å². The monoisotopic (exact) mass is 282 g/mol. The van der Waals surface area contributed by atoms with Crippen LogP contribution in [0.2, 0.25) is 0 Å². The lowest BCUT2D eigenvalue weighted by molar-refractivity contribution is -0.159. The molecule has 0 saturated carbocycles. The van der Waals surface area contributed by atoms with Gasteiger partial charge in [-0.15, -0.1) is 0 Å². The van der Waals surface area contributed by atoms with Gasteiger partial charge in [-0.1, -0.05) is 0 Å². The van der Waals surface area contributed by atoms with Gasteiger partial charge >= 0.3 is 11.9 Å². The molecule has 0 spiro atoms. The summed E-state index contributed by atoms with van der Waals surface area (Å²) in [6.45, 7) is 3.91. The van der Waals surface area contributed by atoms with Crippen molar-refractivity contribution in [3.63, 3.8) is 0 Å². The van der Waals surface area contributed by atoms with Crippen molar-refractivity contribution < 1.29 is 28.9 Å². The van der Waals surface area contributed by atoms with Crippen LogP contribution in [0.15, 0.2) is 24.3 Å². The summed E-state index contributed by atoms with van der Waals surface area (Å²) in [5.41, 5.74) is 0. The molecule has 20 heavy (non-hydrogen) atoms. The lowest BCUT2D eigenvalue weighted by atomic mass is 10.1. The Bertz CT molecular complexity index is 439. The molecule has 1 aromatic carbocycles. The maximum absolute atomic E-state index is 11.4. The predicted octanol–water partition coefficient (Wildman–Crippen LogP) is 1.73. The molecule has 0 amide bonds. The first-order valence-electron chi connectivity index (χ1n) is 6.33. The second-order valence-electron chi connectivity index (χ2n) is 3.86. The van der Waals surface area contributed by atoms with E-state index in [-0.39, 0.29) is 13.2 Å². The van der Waals surface area contributed by atoms with Crippen LogP contribution < -0.4 is 9.47 Å². The molecule has 0 aliphatic heterocycles. The fourth-order valence-corrected chi connectivity index (χ4v) is 1.46. The first-order valence-corrected chi connectivity index (χ1v) is 6.33. The molecule has 0 aliphatic carbocycles. The SMILES string of the molecule is CCOC(=O)C(COc1ccc(OCC)cc1)C(=O)O. The number of ether oxygens (including phenoxy) is 3. The highest BCUT2D eigenvalue weighted by Gasteiger charge is 2.28. The standard InChI is InChI=1S/C14H18O6/c1-3-18-10-5-7-11(8-6-10)20-9-12(13(15)16)14(17)19-4-2/h5-8,12H,3-4,9H2,1-2H3,(H,15,16). The largest absolute Gasteiger partial charge is 0.494 e. The molecule has 0 bridgehead atoms. The highest BCUT2D eigenvalue weighted by atomic mass is 16.5. The summed E-state index contributed by atoms with van der Waals surface area (Å²) < 4.78 is 15.2. The number of carbonyl (C=O) groups is 2. The van der Waals surface area contributed by atoms with Crippen LogP contribution >= 0.6 is 0 Å². The van der Waals surface area contributed by atoms with E-state index in [1.807, 2.05) is 6.92 Å². The lowest BCUT2D eigenvalue weighted by Gasteiger charge is -2.13. The van der Waals surface area contributed by atoms with Crippen LogP contribution in [0.4, 0.5) is 0 Å². The first-order chi connectivity index (χ1) is 9.58. The van der Waals surface area contributed by atoms with E-state index in [0.29, 0.717) is 18.1 Å². The summed E-state index contributed by atoms with van der Waals surface area (Å²) in [7, 11) is 0. The normalized spacial score (nSPS) is 11.5. The van der Waals surface area contributed by atoms with Crippen LogP contribution in [0.5, 0.6) is 11.5 Å². The minimum atomic E-state index is -1.33. The summed E-state index contributed by atoms with van der Waals surface area (Å²) in [6.07, 6.45) is 0. The Morgan fingerprint density at radius 2 is 1.60 bits per heavy atom. The van der Waals surface area contributed by atoms with E-state index in [0.717, 1.165) is 0 Å². The Labute approximate surface area is 117 Å². The maximum atomic E-state index is 11.4. The number of hydrogen-bond acceptors (Lipinski definition) is 5. The Hall–Kier alpha value is -2.24. The van der Waals surface area contributed by atoms with Gasteiger partial charge in [0.15, 0.2) is 5.92 Å². The molecule has 0 heterocycles. The lowest BCUT2D eigenvalue weighted by Crippen LogP contribution is -2.31. The maximum Gasteiger partial charge on any atom is 0.323 e. The van der Waals surface area contributed by atoms with Gasteiger partial charge in [0, 0.05) is 0 Å². The van der Waals surface area contributed by atoms with Crippen LogP contribution in [-0.2, 0) is 14.3 Å².